The molecule has 0 aliphatic rings. The highest BCUT2D eigenvalue weighted by Gasteiger charge is 2.08. The third-order valence-corrected chi connectivity index (χ3v) is 3.51. The van der Waals surface area contributed by atoms with Crippen molar-refractivity contribution in [3.8, 4) is 5.75 Å². The second-order valence-corrected chi connectivity index (χ2v) is 5.50. The molecule has 0 unspecified atom stereocenters. The molecule has 2 rings (SSSR count). The monoisotopic (exact) mass is 342 g/mol. The number of para-hydroxylation sites is 2. The van der Waals surface area contributed by atoms with Gasteiger partial charge in [-0.05, 0) is 36.4 Å². The Morgan fingerprint density at radius 1 is 1.00 bits per heavy atom. The third kappa shape index (κ3) is 5.13. The van der Waals surface area contributed by atoms with Gasteiger partial charge in [-0.2, -0.15) is 0 Å². The zero-order valence-corrected chi connectivity index (χ0v) is 14.5. The molecule has 0 saturated carbocycles. The molecule has 2 aromatic carbocycles. The molecule has 0 aliphatic carbocycles. The van der Waals surface area contributed by atoms with Crippen LogP contribution in [0.25, 0.3) is 0 Å². The first-order valence-electron chi connectivity index (χ1n) is 7.74. The molecule has 2 aromatic rings. The van der Waals surface area contributed by atoms with Crippen LogP contribution in [0.5, 0.6) is 5.75 Å². The highest BCUT2D eigenvalue weighted by atomic mass is 16.5. The summed E-state index contributed by atoms with van der Waals surface area (Å²) in [5.74, 6) is -0.111. The van der Waals surface area contributed by atoms with Crippen LogP contribution in [0.3, 0.4) is 0 Å². The number of rotatable bonds is 6. The second-order valence-electron chi connectivity index (χ2n) is 5.50. The van der Waals surface area contributed by atoms with Gasteiger partial charge in [0.2, 0.25) is 0 Å². The maximum absolute atomic E-state index is 12.0. The summed E-state index contributed by atoms with van der Waals surface area (Å²) in [6, 6.07) is 14.3. The van der Waals surface area contributed by atoms with Crippen molar-refractivity contribution < 1.29 is 14.3 Å². The number of hydrogen-bond donors (Lipinski definition) is 3. The number of methoxy groups -OCH3 is 1. The van der Waals surface area contributed by atoms with Gasteiger partial charge in [0.25, 0.3) is 11.8 Å². The molecule has 0 heterocycles. The molecular weight excluding hydrogens is 320 g/mol. The number of nitrogens with zero attached hydrogens (tertiary/aromatic N) is 1. The fourth-order valence-corrected chi connectivity index (χ4v) is 2.12. The number of nitrogens with one attached hydrogen (secondary N) is 3. The highest BCUT2D eigenvalue weighted by Crippen LogP contribution is 2.22. The van der Waals surface area contributed by atoms with Crippen molar-refractivity contribution in [1.29, 1.82) is 0 Å². The molecule has 7 nitrogen and oxygen atoms in total. The average molecular weight is 342 g/mol. The Hall–Kier alpha value is -3.22. The molecule has 0 aromatic heterocycles. The molecule has 0 radical (unpaired) electrons. The molecule has 2 amide bonds. The number of benzene rings is 2. The summed E-state index contributed by atoms with van der Waals surface area (Å²) < 4.78 is 5.19. The number of anilines is 2. The molecule has 0 saturated heterocycles. The van der Waals surface area contributed by atoms with Crippen LogP contribution in [-0.2, 0) is 4.79 Å². The van der Waals surface area contributed by atoms with Crippen LogP contribution in [0.1, 0.15) is 10.4 Å². The van der Waals surface area contributed by atoms with E-state index in [0.29, 0.717) is 17.0 Å². The zero-order chi connectivity index (χ0) is 18.2. The van der Waals surface area contributed by atoms with E-state index in [0.717, 1.165) is 5.69 Å². The van der Waals surface area contributed by atoms with E-state index in [1.165, 1.54) is 0 Å². The summed E-state index contributed by atoms with van der Waals surface area (Å²) in [5, 5.41) is 2.95. The molecule has 3 N–H and O–H groups in total. The van der Waals surface area contributed by atoms with E-state index in [9.17, 15) is 9.59 Å². The van der Waals surface area contributed by atoms with Crippen LogP contribution in [-0.4, -0.2) is 39.6 Å². The molecule has 0 fully saturated rings. The summed E-state index contributed by atoms with van der Waals surface area (Å²) in [6.45, 7) is 0.000219. The molecular formula is C18H22N4O3. The van der Waals surface area contributed by atoms with Crippen LogP contribution in [0.15, 0.2) is 48.5 Å². The van der Waals surface area contributed by atoms with Crippen molar-refractivity contribution in [2.75, 3.05) is 38.0 Å². The van der Waals surface area contributed by atoms with Crippen molar-refractivity contribution in [3.63, 3.8) is 0 Å². The van der Waals surface area contributed by atoms with E-state index in [2.05, 4.69) is 16.2 Å². The number of amides is 2. The van der Waals surface area contributed by atoms with Crippen LogP contribution in [0.4, 0.5) is 11.4 Å². The largest absolute Gasteiger partial charge is 0.495 e. The molecule has 7 heteroatoms. The number of carbonyl (C=O) groups excluding carboxylic acids is 2. The predicted octanol–water partition coefficient (Wildman–Crippen LogP) is 1.63. The standard InChI is InChI=1S/C18H22N4O3/c1-22(2)14-10-8-13(9-11-14)18(24)21-20-17(23)12-19-15-6-4-5-7-16(15)25-3/h4-11,19H,12H2,1-3H3,(H,20,23)(H,21,24). The van der Waals surface area contributed by atoms with Gasteiger partial charge in [-0.15, -0.1) is 0 Å². The first-order chi connectivity index (χ1) is 12.0. The lowest BCUT2D eigenvalue weighted by Crippen LogP contribution is -2.44. The van der Waals surface area contributed by atoms with E-state index in [4.69, 9.17) is 4.74 Å². The molecule has 0 bridgehead atoms. The van der Waals surface area contributed by atoms with Crippen molar-refractivity contribution in [2.24, 2.45) is 0 Å². The van der Waals surface area contributed by atoms with Gasteiger partial charge in [0, 0.05) is 25.3 Å². The SMILES string of the molecule is COc1ccccc1NCC(=O)NNC(=O)c1ccc(N(C)C)cc1. The summed E-state index contributed by atoms with van der Waals surface area (Å²) in [4.78, 5) is 25.8. The van der Waals surface area contributed by atoms with Crippen LogP contribution in [0, 0.1) is 0 Å². The normalized spacial score (nSPS) is 9.88. The summed E-state index contributed by atoms with van der Waals surface area (Å²) in [5.41, 5.74) is 6.91. The number of carbonyl (C=O) groups is 2. The molecule has 0 spiro atoms. The lowest BCUT2D eigenvalue weighted by molar-refractivity contribution is -0.120. The summed E-state index contributed by atoms with van der Waals surface area (Å²) in [6.07, 6.45) is 0. The summed E-state index contributed by atoms with van der Waals surface area (Å²) in [7, 11) is 5.40. The molecule has 25 heavy (non-hydrogen) atoms. The number of ether oxygens (including phenoxy) is 1. The van der Waals surface area contributed by atoms with Gasteiger partial charge in [0.15, 0.2) is 0 Å². The van der Waals surface area contributed by atoms with Crippen LogP contribution >= 0.6 is 0 Å². The van der Waals surface area contributed by atoms with Gasteiger partial charge in [-0.25, -0.2) is 0 Å². The Labute approximate surface area is 146 Å². The minimum atomic E-state index is -0.379. The van der Waals surface area contributed by atoms with Crippen molar-refractivity contribution in [3.05, 3.63) is 54.1 Å². The lowest BCUT2D eigenvalue weighted by atomic mass is 10.2. The highest BCUT2D eigenvalue weighted by molar-refractivity contribution is 5.96. The maximum atomic E-state index is 12.0. The topological polar surface area (TPSA) is 82.7 Å². The quantitative estimate of drug-likeness (QED) is 0.695. The fourth-order valence-electron chi connectivity index (χ4n) is 2.12. The zero-order valence-electron chi connectivity index (χ0n) is 14.5. The van der Waals surface area contributed by atoms with Crippen LogP contribution < -0.4 is 25.8 Å². The van der Waals surface area contributed by atoms with Crippen LogP contribution in [0.2, 0.25) is 0 Å². The van der Waals surface area contributed by atoms with E-state index in [1.54, 1.807) is 31.4 Å². The van der Waals surface area contributed by atoms with Gasteiger partial charge >= 0.3 is 0 Å². The molecule has 0 aliphatic heterocycles. The second kappa shape index (κ2) is 8.58. The van der Waals surface area contributed by atoms with Gasteiger partial charge in [0.05, 0.1) is 19.3 Å². The maximum Gasteiger partial charge on any atom is 0.269 e. The summed E-state index contributed by atoms with van der Waals surface area (Å²) >= 11 is 0. The fraction of sp³-hybridized carbons (Fsp3) is 0.222. The van der Waals surface area contributed by atoms with Crippen molar-refractivity contribution in [1.82, 2.24) is 10.9 Å². The minimum absolute atomic E-state index is 0.000219. The Morgan fingerprint density at radius 2 is 1.68 bits per heavy atom. The molecule has 132 valence electrons. The Balaban J connectivity index is 1.82. The van der Waals surface area contributed by atoms with Gasteiger partial charge in [-0.1, -0.05) is 12.1 Å². The van der Waals surface area contributed by atoms with Gasteiger partial charge in [0.1, 0.15) is 5.75 Å². The molecule has 0 atom stereocenters. The van der Waals surface area contributed by atoms with Gasteiger partial charge < -0.3 is 15.0 Å². The average Bonchev–Trinajstić information content (AvgIpc) is 2.64. The number of hydrazine groups is 1. The van der Waals surface area contributed by atoms with E-state index in [-0.39, 0.29) is 18.4 Å². The first kappa shape index (κ1) is 18.1. The Morgan fingerprint density at radius 3 is 2.32 bits per heavy atom. The Bertz CT molecular complexity index is 729. The Kier molecular flexibility index (Phi) is 6.22. The van der Waals surface area contributed by atoms with E-state index in [1.807, 2.05) is 43.3 Å². The van der Waals surface area contributed by atoms with Crippen molar-refractivity contribution >= 4 is 23.2 Å². The minimum Gasteiger partial charge on any atom is -0.495 e. The van der Waals surface area contributed by atoms with E-state index >= 15 is 0 Å². The first-order valence-corrected chi connectivity index (χ1v) is 7.74. The predicted molar refractivity (Wildman–Crippen MR) is 97.9 cm³/mol. The number of hydrogen-bond acceptors (Lipinski definition) is 5. The lowest BCUT2D eigenvalue weighted by Gasteiger charge is -2.13. The third-order valence-electron chi connectivity index (χ3n) is 3.51. The van der Waals surface area contributed by atoms with E-state index < -0.39 is 0 Å². The van der Waals surface area contributed by atoms with Crippen molar-refractivity contribution in [2.45, 2.75) is 0 Å². The van der Waals surface area contributed by atoms with Gasteiger partial charge in [-0.3, -0.25) is 20.4 Å². The smallest absolute Gasteiger partial charge is 0.269 e.